The van der Waals surface area contributed by atoms with E-state index in [2.05, 4.69) is 70.3 Å². The van der Waals surface area contributed by atoms with Gasteiger partial charge in [-0.25, -0.2) is 0 Å². The van der Waals surface area contributed by atoms with Crippen molar-refractivity contribution in [1.82, 2.24) is 9.59 Å². The lowest BCUT2D eigenvalue weighted by Crippen LogP contribution is -1.83. The van der Waals surface area contributed by atoms with Crippen molar-refractivity contribution in [3.63, 3.8) is 0 Å². The maximum Gasteiger partial charge on any atom is 0.113 e. The topological polar surface area (TPSA) is 25.8 Å². The molecule has 0 atom stereocenters. The molecule has 0 aliphatic heterocycles. The first-order valence-electron chi connectivity index (χ1n) is 6.13. The van der Waals surface area contributed by atoms with Crippen LogP contribution in [0.15, 0.2) is 60.7 Å². The van der Waals surface area contributed by atoms with E-state index in [1.54, 1.807) is 0 Å². The van der Waals surface area contributed by atoms with Crippen LogP contribution < -0.4 is 0 Å². The third kappa shape index (κ3) is 1.63. The first kappa shape index (κ1) is 10.6. The summed E-state index contributed by atoms with van der Waals surface area (Å²) in [5.41, 5.74) is 3.36. The Morgan fingerprint density at radius 1 is 0.737 bits per heavy atom. The molecule has 2 nitrogen and oxygen atoms in total. The predicted octanol–water partition coefficient (Wildman–Crippen LogP) is 4.51. The number of rotatable bonds is 1. The summed E-state index contributed by atoms with van der Waals surface area (Å²) in [6, 6.07) is 21.1. The quantitative estimate of drug-likeness (QED) is 0.504. The van der Waals surface area contributed by atoms with Gasteiger partial charge in [-0.15, -0.1) is 5.10 Å². The number of hydrogen-bond acceptors (Lipinski definition) is 3. The maximum absolute atomic E-state index is 4.27. The summed E-state index contributed by atoms with van der Waals surface area (Å²) in [6.07, 6.45) is 0. The van der Waals surface area contributed by atoms with E-state index in [9.17, 15) is 0 Å². The highest BCUT2D eigenvalue weighted by Gasteiger charge is 2.09. The molecule has 0 radical (unpaired) electrons. The molecule has 1 heterocycles. The Morgan fingerprint density at radius 2 is 1.53 bits per heavy atom. The maximum atomic E-state index is 4.27. The number of hydrogen-bond donors (Lipinski definition) is 0. The molecule has 1 aromatic heterocycles. The summed E-state index contributed by atoms with van der Waals surface area (Å²) in [6.45, 7) is 0. The molecule has 90 valence electrons. The molecular formula is C16H10N2S. The molecule has 3 aromatic carbocycles. The minimum Gasteiger partial charge on any atom is -0.137 e. The van der Waals surface area contributed by atoms with Crippen LogP contribution >= 0.6 is 11.5 Å². The highest BCUT2D eigenvalue weighted by Crippen LogP contribution is 2.33. The molecular weight excluding hydrogens is 252 g/mol. The lowest BCUT2D eigenvalue weighted by molar-refractivity contribution is 1.20. The molecule has 0 unspecified atom stereocenters. The highest BCUT2D eigenvalue weighted by atomic mass is 32.1. The fraction of sp³-hybridized carbons (Fsp3) is 0. The van der Waals surface area contributed by atoms with Gasteiger partial charge < -0.3 is 0 Å². The van der Waals surface area contributed by atoms with E-state index in [1.165, 1.54) is 27.9 Å². The second-order valence-electron chi connectivity index (χ2n) is 4.45. The van der Waals surface area contributed by atoms with Crippen molar-refractivity contribution in [1.29, 1.82) is 0 Å². The van der Waals surface area contributed by atoms with Crippen LogP contribution in [-0.2, 0) is 0 Å². The van der Waals surface area contributed by atoms with Crippen molar-refractivity contribution in [3.8, 4) is 11.1 Å². The van der Waals surface area contributed by atoms with Gasteiger partial charge in [-0.05, 0) is 33.9 Å². The average molecular weight is 262 g/mol. The number of benzene rings is 3. The van der Waals surface area contributed by atoms with Gasteiger partial charge in [0.05, 0.1) is 4.70 Å². The van der Waals surface area contributed by atoms with Crippen LogP contribution in [0.5, 0.6) is 0 Å². The zero-order valence-corrected chi connectivity index (χ0v) is 10.9. The zero-order chi connectivity index (χ0) is 12.7. The monoisotopic (exact) mass is 262 g/mol. The Bertz CT molecular complexity index is 875. The van der Waals surface area contributed by atoms with E-state index in [4.69, 9.17) is 0 Å². The largest absolute Gasteiger partial charge is 0.137 e. The second kappa shape index (κ2) is 4.14. The zero-order valence-electron chi connectivity index (χ0n) is 10.1. The van der Waals surface area contributed by atoms with Gasteiger partial charge >= 0.3 is 0 Å². The molecule has 0 aliphatic rings. The molecule has 4 rings (SSSR count). The van der Waals surface area contributed by atoms with E-state index in [0.29, 0.717) is 0 Å². The van der Waals surface area contributed by atoms with Gasteiger partial charge in [0.2, 0.25) is 0 Å². The lowest BCUT2D eigenvalue weighted by atomic mass is 9.98. The van der Waals surface area contributed by atoms with Crippen LogP contribution in [0.4, 0.5) is 0 Å². The van der Waals surface area contributed by atoms with E-state index in [-0.39, 0.29) is 0 Å². The van der Waals surface area contributed by atoms with Crippen LogP contribution in [0.1, 0.15) is 0 Å². The van der Waals surface area contributed by atoms with Gasteiger partial charge in [0.25, 0.3) is 0 Å². The normalized spacial score (nSPS) is 11.2. The van der Waals surface area contributed by atoms with E-state index < -0.39 is 0 Å². The predicted molar refractivity (Wildman–Crippen MR) is 80.4 cm³/mol. The number of nitrogens with zero attached hydrogens (tertiary/aromatic N) is 2. The van der Waals surface area contributed by atoms with Gasteiger partial charge in [0.15, 0.2) is 0 Å². The fourth-order valence-corrected chi connectivity index (χ4v) is 3.07. The third-order valence-corrected chi connectivity index (χ3v) is 4.05. The van der Waals surface area contributed by atoms with Crippen molar-refractivity contribution >= 4 is 32.5 Å². The smallest absolute Gasteiger partial charge is 0.113 e. The molecule has 0 aliphatic carbocycles. The molecule has 19 heavy (non-hydrogen) atoms. The van der Waals surface area contributed by atoms with Crippen molar-refractivity contribution in [2.24, 2.45) is 0 Å². The molecule has 0 spiro atoms. The molecule has 4 aromatic rings. The van der Waals surface area contributed by atoms with Gasteiger partial charge in [-0.1, -0.05) is 59.1 Å². The second-order valence-corrected chi connectivity index (χ2v) is 5.24. The number of aromatic nitrogens is 2. The summed E-state index contributed by atoms with van der Waals surface area (Å²) < 4.78 is 5.19. The molecule has 0 amide bonds. The van der Waals surface area contributed by atoms with Crippen LogP contribution in [0, 0.1) is 0 Å². The highest BCUT2D eigenvalue weighted by molar-refractivity contribution is 7.13. The lowest BCUT2D eigenvalue weighted by Gasteiger charge is -2.07. The van der Waals surface area contributed by atoms with Crippen molar-refractivity contribution < 1.29 is 0 Å². The molecule has 0 bridgehead atoms. The van der Waals surface area contributed by atoms with Crippen LogP contribution in [0.3, 0.4) is 0 Å². The molecule has 0 N–H and O–H groups in total. The van der Waals surface area contributed by atoms with Crippen molar-refractivity contribution in [3.05, 3.63) is 60.7 Å². The van der Waals surface area contributed by atoms with Crippen LogP contribution in [-0.4, -0.2) is 9.59 Å². The Morgan fingerprint density at radius 3 is 2.53 bits per heavy atom. The minimum absolute atomic E-state index is 0.990. The van der Waals surface area contributed by atoms with Gasteiger partial charge in [-0.3, -0.25) is 0 Å². The van der Waals surface area contributed by atoms with Crippen LogP contribution in [0.25, 0.3) is 32.1 Å². The molecule has 3 heteroatoms. The minimum atomic E-state index is 0.990. The first-order valence-corrected chi connectivity index (χ1v) is 6.90. The van der Waals surface area contributed by atoms with Gasteiger partial charge in [0, 0.05) is 5.56 Å². The summed E-state index contributed by atoms with van der Waals surface area (Å²) in [5, 5.41) is 6.78. The SMILES string of the molecule is c1ccc2c(-c3cccc4snnc34)cccc2c1. The van der Waals surface area contributed by atoms with E-state index >= 15 is 0 Å². The van der Waals surface area contributed by atoms with Crippen molar-refractivity contribution in [2.45, 2.75) is 0 Å². The summed E-state index contributed by atoms with van der Waals surface area (Å²) in [5.74, 6) is 0. The summed E-state index contributed by atoms with van der Waals surface area (Å²) >= 11 is 1.44. The van der Waals surface area contributed by atoms with E-state index in [1.807, 2.05) is 0 Å². The van der Waals surface area contributed by atoms with Crippen molar-refractivity contribution in [2.75, 3.05) is 0 Å². The Labute approximate surface area is 114 Å². The number of fused-ring (bicyclic) bond motifs is 2. The molecule has 0 fully saturated rings. The molecule has 0 saturated heterocycles. The van der Waals surface area contributed by atoms with E-state index in [0.717, 1.165) is 15.8 Å². The van der Waals surface area contributed by atoms with Gasteiger partial charge in [0.1, 0.15) is 5.52 Å². The Balaban J connectivity index is 2.12. The van der Waals surface area contributed by atoms with Crippen LogP contribution in [0.2, 0.25) is 0 Å². The van der Waals surface area contributed by atoms with Gasteiger partial charge in [-0.2, -0.15) is 0 Å². The first-order chi connectivity index (χ1) is 9.43. The third-order valence-electron chi connectivity index (χ3n) is 3.36. The summed E-state index contributed by atoms with van der Waals surface area (Å²) in [4.78, 5) is 0. The summed E-state index contributed by atoms with van der Waals surface area (Å²) in [7, 11) is 0. The standard InChI is InChI=1S/C16H10N2S/c1-2-7-12-11(5-1)6-3-8-13(12)14-9-4-10-15-16(14)17-18-19-15/h1-10H. The molecule has 0 saturated carbocycles. The average Bonchev–Trinajstić information content (AvgIpc) is 2.95. The Kier molecular flexibility index (Phi) is 2.32. The Hall–Kier alpha value is -2.26. The fourth-order valence-electron chi connectivity index (χ4n) is 2.48.